The summed E-state index contributed by atoms with van der Waals surface area (Å²) in [6.07, 6.45) is 0. The van der Waals surface area contributed by atoms with E-state index >= 15 is 0 Å². The third-order valence-corrected chi connectivity index (χ3v) is 4.64. The second-order valence-corrected chi connectivity index (χ2v) is 6.71. The molecule has 0 spiro atoms. The van der Waals surface area contributed by atoms with Crippen LogP contribution < -0.4 is 10.1 Å². The van der Waals surface area contributed by atoms with Gasteiger partial charge < -0.3 is 10.1 Å². The van der Waals surface area contributed by atoms with Crippen molar-refractivity contribution in [3.8, 4) is 17.0 Å². The summed E-state index contributed by atoms with van der Waals surface area (Å²) in [5.74, 6) is 0.516. The van der Waals surface area contributed by atoms with Crippen molar-refractivity contribution in [1.82, 2.24) is 4.98 Å². The number of amides is 1. The lowest BCUT2D eigenvalue weighted by Crippen LogP contribution is -2.13. The van der Waals surface area contributed by atoms with Gasteiger partial charge in [0.15, 0.2) is 0 Å². The first kappa shape index (κ1) is 18.0. The fraction of sp³-hybridized carbons (Fsp3) is 0.0435. The molecule has 1 heterocycles. The number of rotatable bonds is 4. The molecule has 3 aromatic carbocycles. The first-order valence-electron chi connectivity index (χ1n) is 8.75. The molecule has 0 aliphatic heterocycles. The van der Waals surface area contributed by atoms with Crippen LogP contribution >= 0.6 is 11.6 Å². The van der Waals surface area contributed by atoms with Crippen molar-refractivity contribution >= 4 is 34.1 Å². The van der Waals surface area contributed by atoms with Crippen molar-refractivity contribution in [3.05, 3.63) is 89.4 Å². The number of anilines is 1. The van der Waals surface area contributed by atoms with E-state index in [4.69, 9.17) is 21.3 Å². The highest BCUT2D eigenvalue weighted by Gasteiger charge is 2.14. The number of pyridine rings is 1. The van der Waals surface area contributed by atoms with Gasteiger partial charge in [0.1, 0.15) is 5.75 Å². The standard InChI is InChI=1S/C23H17ClN2O2/c1-28-18-9-4-6-15(12-18)22-14-20(19-10-2-3-11-21(19)26-22)23(27)25-17-8-5-7-16(24)13-17/h2-14H,1H3,(H,25,27). The number of aromatic nitrogens is 1. The van der Waals surface area contributed by atoms with E-state index < -0.39 is 0 Å². The number of nitrogens with zero attached hydrogens (tertiary/aromatic N) is 1. The summed E-state index contributed by atoms with van der Waals surface area (Å²) in [5.41, 5.74) is 3.51. The summed E-state index contributed by atoms with van der Waals surface area (Å²) in [4.78, 5) is 17.8. The minimum Gasteiger partial charge on any atom is -0.497 e. The first-order chi connectivity index (χ1) is 13.6. The third kappa shape index (κ3) is 3.68. The minimum absolute atomic E-state index is 0.218. The maximum absolute atomic E-state index is 13.0. The summed E-state index contributed by atoms with van der Waals surface area (Å²) in [7, 11) is 1.62. The van der Waals surface area contributed by atoms with Crippen molar-refractivity contribution in [2.24, 2.45) is 0 Å². The molecule has 4 nitrogen and oxygen atoms in total. The van der Waals surface area contributed by atoms with Gasteiger partial charge in [-0.25, -0.2) is 4.98 Å². The molecule has 0 bridgehead atoms. The molecule has 4 aromatic rings. The largest absolute Gasteiger partial charge is 0.497 e. The Hall–Kier alpha value is -3.37. The van der Waals surface area contributed by atoms with Crippen LogP contribution in [-0.4, -0.2) is 18.0 Å². The summed E-state index contributed by atoms with van der Waals surface area (Å²) >= 11 is 6.03. The van der Waals surface area contributed by atoms with Crippen LogP contribution in [0.1, 0.15) is 10.4 Å². The molecule has 28 heavy (non-hydrogen) atoms. The molecule has 0 saturated heterocycles. The zero-order chi connectivity index (χ0) is 19.5. The second-order valence-electron chi connectivity index (χ2n) is 6.27. The number of carbonyl (C=O) groups excluding carboxylic acids is 1. The van der Waals surface area contributed by atoms with Crippen molar-refractivity contribution in [2.45, 2.75) is 0 Å². The van der Waals surface area contributed by atoms with E-state index in [0.717, 1.165) is 22.2 Å². The summed E-state index contributed by atoms with van der Waals surface area (Å²) in [6.45, 7) is 0. The highest BCUT2D eigenvalue weighted by Crippen LogP contribution is 2.28. The third-order valence-electron chi connectivity index (χ3n) is 4.41. The van der Waals surface area contributed by atoms with Crippen LogP contribution in [0.2, 0.25) is 5.02 Å². The number of benzene rings is 3. The molecule has 0 atom stereocenters. The molecule has 0 aliphatic carbocycles. The quantitative estimate of drug-likeness (QED) is 0.479. The normalized spacial score (nSPS) is 10.6. The highest BCUT2D eigenvalue weighted by atomic mass is 35.5. The van der Waals surface area contributed by atoms with Crippen molar-refractivity contribution in [3.63, 3.8) is 0 Å². The summed E-state index contributed by atoms with van der Waals surface area (Å²) in [5, 5.41) is 4.27. The average molecular weight is 389 g/mol. The number of hydrogen-bond acceptors (Lipinski definition) is 3. The molecule has 1 amide bonds. The van der Waals surface area contributed by atoms with Gasteiger partial charge in [-0.3, -0.25) is 4.79 Å². The molecule has 0 radical (unpaired) electrons. The predicted octanol–water partition coefficient (Wildman–Crippen LogP) is 5.82. The van der Waals surface area contributed by atoms with E-state index in [9.17, 15) is 4.79 Å². The van der Waals surface area contributed by atoms with Gasteiger partial charge >= 0.3 is 0 Å². The second kappa shape index (κ2) is 7.71. The van der Waals surface area contributed by atoms with Crippen molar-refractivity contribution in [1.29, 1.82) is 0 Å². The number of ether oxygens (including phenoxy) is 1. The van der Waals surface area contributed by atoms with E-state index in [0.29, 0.717) is 22.0 Å². The molecular weight excluding hydrogens is 372 g/mol. The zero-order valence-corrected chi connectivity index (χ0v) is 15.9. The van der Waals surface area contributed by atoms with E-state index in [1.807, 2.05) is 48.5 Å². The Morgan fingerprint density at radius 2 is 1.79 bits per heavy atom. The molecule has 1 N–H and O–H groups in total. The lowest BCUT2D eigenvalue weighted by atomic mass is 10.0. The maximum atomic E-state index is 13.0. The number of halogens is 1. The molecule has 4 rings (SSSR count). The minimum atomic E-state index is -0.218. The fourth-order valence-corrected chi connectivity index (χ4v) is 3.25. The van der Waals surface area contributed by atoms with Gasteiger partial charge in [0.25, 0.3) is 5.91 Å². The lowest BCUT2D eigenvalue weighted by Gasteiger charge is -2.11. The van der Waals surface area contributed by atoms with Crippen LogP contribution in [0.5, 0.6) is 5.75 Å². The van der Waals surface area contributed by atoms with Crippen molar-refractivity contribution < 1.29 is 9.53 Å². The molecule has 5 heteroatoms. The van der Waals surface area contributed by atoms with Gasteiger partial charge in [0.05, 0.1) is 23.9 Å². The fourth-order valence-electron chi connectivity index (χ4n) is 3.06. The van der Waals surface area contributed by atoms with Gasteiger partial charge in [-0.1, -0.05) is 48.0 Å². The van der Waals surface area contributed by atoms with Gasteiger partial charge in [-0.15, -0.1) is 0 Å². The number of hydrogen-bond donors (Lipinski definition) is 1. The number of carbonyl (C=O) groups is 1. The Kier molecular flexibility index (Phi) is 4.96. The SMILES string of the molecule is COc1cccc(-c2cc(C(=O)Nc3cccc(Cl)c3)c3ccccc3n2)c1. The van der Waals surface area contributed by atoms with E-state index in [-0.39, 0.29) is 5.91 Å². The van der Waals surface area contributed by atoms with Crippen molar-refractivity contribution in [2.75, 3.05) is 12.4 Å². The smallest absolute Gasteiger partial charge is 0.256 e. The van der Waals surface area contributed by atoms with Crippen LogP contribution in [0.4, 0.5) is 5.69 Å². The molecule has 138 valence electrons. The van der Waals surface area contributed by atoms with Crippen LogP contribution in [-0.2, 0) is 0 Å². The Balaban J connectivity index is 1.81. The van der Waals surface area contributed by atoms with Gasteiger partial charge in [-0.05, 0) is 42.5 Å². The average Bonchev–Trinajstić information content (AvgIpc) is 2.73. The number of nitrogens with one attached hydrogen (secondary N) is 1. The highest BCUT2D eigenvalue weighted by molar-refractivity contribution is 6.31. The van der Waals surface area contributed by atoms with Gasteiger partial charge in [0, 0.05) is 21.7 Å². The molecular formula is C23H17ClN2O2. The molecule has 0 unspecified atom stereocenters. The molecule has 1 aromatic heterocycles. The first-order valence-corrected chi connectivity index (χ1v) is 9.13. The van der Waals surface area contributed by atoms with Crippen LogP contribution in [0.15, 0.2) is 78.9 Å². The van der Waals surface area contributed by atoms with E-state index in [2.05, 4.69) is 5.32 Å². The van der Waals surface area contributed by atoms with Crippen LogP contribution in [0.25, 0.3) is 22.2 Å². The molecule has 0 saturated carbocycles. The topological polar surface area (TPSA) is 51.2 Å². The number of methoxy groups -OCH3 is 1. The van der Waals surface area contributed by atoms with E-state index in [1.165, 1.54) is 0 Å². The maximum Gasteiger partial charge on any atom is 0.256 e. The van der Waals surface area contributed by atoms with Gasteiger partial charge in [-0.2, -0.15) is 0 Å². The van der Waals surface area contributed by atoms with E-state index in [1.54, 1.807) is 37.4 Å². The zero-order valence-electron chi connectivity index (χ0n) is 15.1. The Labute approximate surface area is 167 Å². The van der Waals surface area contributed by atoms with Crippen LogP contribution in [0.3, 0.4) is 0 Å². The summed E-state index contributed by atoms with van der Waals surface area (Å²) in [6, 6.07) is 24.1. The molecule has 0 fully saturated rings. The Morgan fingerprint density at radius 1 is 0.964 bits per heavy atom. The van der Waals surface area contributed by atoms with Crippen LogP contribution in [0, 0.1) is 0 Å². The lowest BCUT2D eigenvalue weighted by molar-refractivity contribution is 0.102. The monoisotopic (exact) mass is 388 g/mol. The predicted molar refractivity (Wildman–Crippen MR) is 113 cm³/mol. The Morgan fingerprint density at radius 3 is 2.61 bits per heavy atom. The van der Waals surface area contributed by atoms with Gasteiger partial charge in [0.2, 0.25) is 0 Å². The number of para-hydroxylation sites is 1. The molecule has 0 aliphatic rings. The number of fused-ring (bicyclic) bond motifs is 1. The summed E-state index contributed by atoms with van der Waals surface area (Å²) < 4.78 is 5.31. The Bertz CT molecular complexity index is 1170.